The van der Waals surface area contributed by atoms with E-state index in [1.165, 1.54) is 18.5 Å². The van der Waals surface area contributed by atoms with Crippen molar-refractivity contribution in [2.45, 2.75) is 13.8 Å². The van der Waals surface area contributed by atoms with Gasteiger partial charge < -0.3 is 9.73 Å². The van der Waals surface area contributed by atoms with Crippen molar-refractivity contribution >= 4 is 17.6 Å². The maximum absolute atomic E-state index is 12.1. The average Bonchev–Trinajstić information content (AvgIpc) is 3.14. The zero-order valence-electron chi connectivity index (χ0n) is 12.8. The largest absolute Gasteiger partial charge is 0.433 e. The number of aromatic nitrogens is 4. The Hall–Kier alpha value is -3.56. The lowest BCUT2D eigenvalue weighted by Gasteiger charge is -2.06. The molecule has 0 radical (unpaired) electrons. The minimum Gasteiger partial charge on any atom is -0.395 e. The summed E-state index contributed by atoms with van der Waals surface area (Å²) in [5.74, 6) is -0.645. The van der Waals surface area contributed by atoms with E-state index < -0.39 is 16.7 Å². The Kier molecular flexibility index (Phi) is 3.78. The highest BCUT2D eigenvalue weighted by Crippen LogP contribution is 2.17. The Balaban J connectivity index is 1.82. The summed E-state index contributed by atoms with van der Waals surface area (Å²) in [5.41, 5.74) is 1.71. The van der Waals surface area contributed by atoms with E-state index in [0.717, 1.165) is 17.5 Å². The third-order valence-electron chi connectivity index (χ3n) is 3.12. The van der Waals surface area contributed by atoms with Gasteiger partial charge in [0.05, 0.1) is 11.8 Å². The van der Waals surface area contributed by atoms with E-state index in [1.54, 1.807) is 4.68 Å². The number of aryl methyl sites for hydroxylation is 2. The van der Waals surface area contributed by atoms with Crippen molar-refractivity contribution in [1.29, 1.82) is 0 Å². The van der Waals surface area contributed by atoms with E-state index in [1.807, 2.05) is 19.9 Å². The standard InChI is InChI=1S/C14H12N6O4/c1-8-5-9(2)19(18-8)12-6-11(15-7-16-12)17-14(21)10-3-4-13(24-10)20(22)23/h3-7H,1-2H3,(H,15,16,17,21). The fraction of sp³-hybridized carbons (Fsp3) is 0.143. The molecule has 1 N–H and O–H groups in total. The van der Waals surface area contributed by atoms with Gasteiger partial charge in [-0.3, -0.25) is 14.9 Å². The van der Waals surface area contributed by atoms with Gasteiger partial charge in [-0.25, -0.2) is 14.6 Å². The number of hydrogen-bond donors (Lipinski definition) is 1. The molecule has 0 aliphatic heterocycles. The second-order valence-electron chi connectivity index (χ2n) is 4.95. The molecular weight excluding hydrogens is 316 g/mol. The minimum absolute atomic E-state index is 0.187. The zero-order chi connectivity index (χ0) is 17.3. The van der Waals surface area contributed by atoms with Crippen molar-refractivity contribution in [3.8, 4) is 5.82 Å². The van der Waals surface area contributed by atoms with E-state index in [4.69, 9.17) is 4.42 Å². The summed E-state index contributed by atoms with van der Waals surface area (Å²) in [6.07, 6.45) is 1.28. The normalized spacial score (nSPS) is 10.6. The monoisotopic (exact) mass is 328 g/mol. The molecule has 0 saturated carbocycles. The van der Waals surface area contributed by atoms with Crippen LogP contribution in [-0.4, -0.2) is 30.6 Å². The van der Waals surface area contributed by atoms with Crippen molar-refractivity contribution in [3.63, 3.8) is 0 Å². The lowest BCUT2D eigenvalue weighted by atomic mass is 10.4. The Morgan fingerprint density at radius 1 is 1.29 bits per heavy atom. The number of nitrogens with one attached hydrogen (secondary N) is 1. The van der Waals surface area contributed by atoms with Gasteiger partial charge in [0.15, 0.2) is 11.6 Å². The van der Waals surface area contributed by atoms with Gasteiger partial charge in [0.1, 0.15) is 17.1 Å². The Morgan fingerprint density at radius 3 is 2.71 bits per heavy atom. The second kappa shape index (κ2) is 5.91. The minimum atomic E-state index is -0.720. The first-order chi connectivity index (χ1) is 11.4. The third-order valence-corrected chi connectivity index (χ3v) is 3.12. The number of hydrogen-bond acceptors (Lipinski definition) is 7. The highest BCUT2D eigenvalue weighted by Gasteiger charge is 2.18. The van der Waals surface area contributed by atoms with Crippen LogP contribution in [0.2, 0.25) is 0 Å². The van der Waals surface area contributed by atoms with Crippen LogP contribution in [0.4, 0.5) is 11.7 Å². The number of carbonyl (C=O) groups excluding carboxylic acids is 1. The summed E-state index contributed by atoms with van der Waals surface area (Å²) in [5, 5.41) is 17.4. The third kappa shape index (κ3) is 2.97. The molecular formula is C14H12N6O4. The lowest BCUT2D eigenvalue weighted by Crippen LogP contribution is -2.13. The molecule has 3 rings (SSSR count). The number of nitrogens with zero attached hydrogens (tertiary/aromatic N) is 5. The molecule has 1 amide bonds. The molecule has 3 aromatic rings. The van der Waals surface area contributed by atoms with Crippen LogP contribution in [0.25, 0.3) is 5.82 Å². The maximum Gasteiger partial charge on any atom is 0.433 e. The molecule has 3 heterocycles. The molecule has 10 nitrogen and oxygen atoms in total. The number of furan rings is 1. The van der Waals surface area contributed by atoms with E-state index >= 15 is 0 Å². The summed E-state index contributed by atoms with van der Waals surface area (Å²) < 4.78 is 6.46. The van der Waals surface area contributed by atoms with Gasteiger partial charge >= 0.3 is 5.88 Å². The van der Waals surface area contributed by atoms with E-state index in [2.05, 4.69) is 20.4 Å². The van der Waals surface area contributed by atoms with Crippen molar-refractivity contribution in [2.24, 2.45) is 0 Å². The Morgan fingerprint density at radius 2 is 2.08 bits per heavy atom. The molecule has 0 aliphatic rings. The lowest BCUT2D eigenvalue weighted by molar-refractivity contribution is -0.402. The van der Waals surface area contributed by atoms with Crippen LogP contribution in [0.3, 0.4) is 0 Å². The first-order valence-corrected chi connectivity index (χ1v) is 6.85. The predicted octanol–water partition coefficient (Wildman–Crippen LogP) is 2.03. The van der Waals surface area contributed by atoms with Crippen LogP contribution in [-0.2, 0) is 0 Å². The second-order valence-corrected chi connectivity index (χ2v) is 4.95. The van der Waals surface area contributed by atoms with Crippen LogP contribution >= 0.6 is 0 Å². The first-order valence-electron chi connectivity index (χ1n) is 6.85. The molecule has 0 spiro atoms. The first kappa shape index (κ1) is 15.3. The average molecular weight is 328 g/mol. The topological polar surface area (TPSA) is 129 Å². The Labute approximate surface area is 135 Å². The fourth-order valence-corrected chi connectivity index (χ4v) is 2.12. The van der Waals surface area contributed by atoms with Gasteiger partial charge in [0.25, 0.3) is 5.91 Å². The molecule has 24 heavy (non-hydrogen) atoms. The van der Waals surface area contributed by atoms with Crippen molar-refractivity contribution < 1.29 is 14.1 Å². The SMILES string of the molecule is Cc1cc(C)n(-c2cc(NC(=O)c3ccc([N+](=O)[O-])o3)ncn2)n1. The van der Waals surface area contributed by atoms with Crippen LogP contribution < -0.4 is 5.32 Å². The molecule has 0 saturated heterocycles. The fourth-order valence-electron chi connectivity index (χ4n) is 2.12. The molecule has 0 fully saturated rings. The van der Waals surface area contributed by atoms with Crippen molar-refractivity contribution in [1.82, 2.24) is 19.7 Å². The highest BCUT2D eigenvalue weighted by atomic mass is 16.6. The van der Waals surface area contributed by atoms with E-state index in [0.29, 0.717) is 5.82 Å². The summed E-state index contributed by atoms with van der Waals surface area (Å²) >= 11 is 0. The predicted molar refractivity (Wildman–Crippen MR) is 81.9 cm³/mol. The molecule has 122 valence electrons. The van der Waals surface area contributed by atoms with Crippen LogP contribution in [0.15, 0.2) is 35.0 Å². The maximum atomic E-state index is 12.1. The molecule has 0 aliphatic carbocycles. The molecule has 0 unspecified atom stereocenters. The molecule has 0 atom stereocenters. The molecule has 10 heteroatoms. The number of nitro groups is 1. The van der Waals surface area contributed by atoms with Crippen molar-refractivity contribution in [3.05, 3.63) is 57.9 Å². The van der Waals surface area contributed by atoms with Crippen LogP contribution in [0, 0.1) is 24.0 Å². The molecule has 0 bridgehead atoms. The zero-order valence-corrected chi connectivity index (χ0v) is 12.8. The molecule has 3 aromatic heterocycles. The van der Waals surface area contributed by atoms with Gasteiger partial charge in [0, 0.05) is 11.8 Å². The number of anilines is 1. The summed E-state index contributed by atoms with van der Waals surface area (Å²) in [6, 6.07) is 5.75. The van der Waals surface area contributed by atoms with E-state index in [9.17, 15) is 14.9 Å². The van der Waals surface area contributed by atoms with Crippen LogP contribution in [0.1, 0.15) is 21.9 Å². The highest BCUT2D eigenvalue weighted by molar-refractivity contribution is 6.01. The molecule has 0 aromatic carbocycles. The quantitative estimate of drug-likeness (QED) is 0.573. The smallest absolute Gasteiger partial charge is 0.395 e. The van der Waals surface area contributed by atoms with Crippen molar-refractivity contribution in [2.75, 3.05) is 5.32 Å². The Bertz CT molecular complexity index is 929. The van der Waals surface area contributed by atoms with E-state index in [-0.39, 0.29) is 11.6 Å². The number of amides is 1. The van der Waals surface area contributed by atoms with Gasteiger partial charge in [-0.1, -0.05) is 0 Å². The van der Waals surface area contributed by atoms with Gasteiger partial charge in [0.2, 0.25) is 0 Å². The summed E-state index contributed by atoms with van der Waals surface area (Å²) in [4.78, 5) is 30.0. The number of carbonyl (C=O) groups is 1. The van der Waals surface area contributed by atoms with Gasteiger partial charge in [-0.05, 0) is 26.0 Å². The van der Waals surface area contributed by atoms with Gasteiger partial charge in [-0.15, -0.1) is 0 Å². The summed E-state index contributed by atoms with van der Waals surface area (Å²) in [7, 11) is 0. The number of rotatable bonds is 4. The van der Waals surface area contributed by atoms with Gasteiger partial charge in [-0.2, -0.15) is 5.10 Å². The van der Waals surface area contributed by atoms with Crippen LogP contribution in [0.5, 0.6) is 0 Å². The summed E-state index contributed by atoms with van der Waals surface area (Å²) in [6.45, 7) is 3.74.